The Balaban J connectivity index is 1.73. The molecule has 184 valence electrons. The van der Waals surface area contributed by atoms with Gasteiger partial charge in [-0.1, -0.05) is 63.9 Å². The number of aliphatic carboxylic acids is 1. The van der Waals surface area contributed by atoms with E-state index >= 15 is 0 Å². The Hall–Kier alpha value is -3.29. The number of amides is 1. The molecule has 4 rings (SSSR count). The molecule has 0 aliphatic rings. The van der Waals surface area contributed by atoms with Gasteiger partial charge in [-0.3, -0.25) is 9.59 Å². The first-order valence-corrected chi connectivity index (χ1v) is 12.5. The molecule has 1 aromatic heterocycles. The number of nitrogens with one attached hydrogen (secondary N) is 1. The summed E-state index contributed by atoms with van der Waals surface area (Å²) >= 11 is 9.74. The van der Waals surface area contributed by atoms with Gasteiger partial charge in [0.25, 0.3) is 5.91 Å². The Morgan fingerprint density at radius 1 is 1.11 bits per heavy atom. The zero-order chi connectivity index (χ0) is 25.8. The summed E-state index contributed by atoms with van der Waals surface area (Å²) in [6.45, 7) is 1.87. The number of carbonyl (C=O) groups excluding carboxylic acids is 1. The molecule has 36 heavy (non-hydrogen) atoms. The molecule has 0 unspecified atom stereocenters. The quantitative estimate of drug-likeness (QED) is 0.236. The van der Waals surface area contributed by atoms with Crippen molar-refractivity contribution in [2.24, 2.45) is 0 Å². The molecule has 1 heterocycles. The summed E-state index contributed by atoms with van der Waals surface area (Å²) in [4.78, 5) is 29.7. The van der Waals surface area contributed by atoms with E-state index in [1.165, 1.54) is 12.1 Å². The van der Waals surface area contributed by atoms with Gasteiger partial charge < -0.3 is 10.4 Å². The molecule has 5 nitrogen and oxygen atoms in total. The highest BCUT2D eigenvalue weighted by Crippen LogP contribution is 2.33. The molecule has 0 fully saturated rings. The van der Waals surface area contributed by atoms with Crippen molar-refractivity contribution >= 4 is 50.3 Å². The van der Waals surface area contributed by atoms with Crippen molar-refractivity contribution in [2.45, 2.75) is 25.7 Å². The number of halogens is 3. The van der Waals surface area contributed by atoms with Crippen LogP contribution >= 0.6 is 27.5 Å². The summed E-state index contributed by atoms with van der Waals surface area (Å²) in [5.41, 5.74) is 3.59. The van der Waals surface area contributed by atoms with Crippen LogP contribution in [-0.2, 0) is 4.79 Å². The van der Waals surface area contributed by atoms with Crippen molar-refractivity contribution in [1.29, 1.82) is 0 Å². The maximum absolute atomic E-state index is 14.7. The molecule has 4 aromatic rings. The van der Waals surface area contributed by atoms with Crippen molar-refractivity contribution in [2.75, 3.05) is 6.54 Å². The molecule has 8 heteroatoms. The Labute approximate surface area is 221 Å². The summed E-state index contributed by atoms with van der Waals surface area (Å²) in [5.74, 6) is -2.52. The first-order chi connectivity index (χ1) is 17.3. The highest BCUT2D eigenvalue weighted by Gasteiger charge is 2.24. The number of benzene rings is 3. The fourth-order valence-corrected chi connectivity index (χ4v) is 5.03. The average molecular weight is 570 g/mol. The molecule has 0 aliphatic carbocycles. The lowest BCUT2D eigenvalue weighted by atomic mass is 9.92. The smallest absolute Gasteiger partial charge is 0.303 e. The summed E-state index contributed by atoms with van der Waals surface area (Å²) < 4.78 is 15.5. The van der Waals surface area contributed by atoms with E-state index in [9.17, 15) is 19.1 Å². The van der Waals surface area contributed by atoms with Crippen molar-refractivity contribution < 1.29 is 19.1 Å². The van der Waals surface area contributed by atoms with Crippen LogP contribution in [0.1, 0.15) is 40.2 Å². The van der Waals surface area contributed by atoms with E-state index in [1.54, 1.807) is 6.07 Å². The van der Waals surface area contributed by atoms with Gasteiger partial charge in [-0.05, 0) is 49.2 Å². The van der Waals surface area contributed by atoms with Crippen LogP contribution in [0.15, 0.2) is 71.2 Å². The van der Waals surface area contributed by atoms with Gasteiger partial charge in [0, 0.05) is 44.9 Å². The second-order valence-electron chi connectivity index (χ2n) is 8.46. The van der Waals surface area contributed by atoms with E-state index in [-0.39, 0.29) is 35.9 Å². The first-order valence-electron chi connectivity index (χ1n) is 11.4. The van der Waals surface area contributed by atoms with Crippen LogP contribution in [0.2, 0.25) is 5.02 Å². The van der Waals surface area contributed by atoms with Crippen LogP contribution in [0.25, 0.3) is 22.2 Å². The molecule has 1 atom stereocenters. The molecular weight excluding hydrogens is 547 g/mol. The second kappa shape index (κ2) is 11.2. The standard InChI is InChI=1S/C28H23BrClFN2O3/c1-16-25(20-14-19(29)11-12-23(20)33-27(16)17-6-3-2-4-7-17)28(36)32-15-18(10-13-24(34)35)26-21(30)8-5-9-22(26)31/h2-9,11-12,14,18H,10,13,15H2,1H3,(H,32,36)(H,34,35)/t18-/m1/s1. The Bertz CT molecular complexity index is 1430. The highest BCUT2D eigenvalue weighted by molar-refractivity contribution is 9.10. The van der Waals surface area contributed by atoms with E-state index in [4.69, 9.17) is 16.6 Å². The van der Waals surface area contributed by atoms with Gasteiger partial charge in [-0.15, -0.1) is 0 Å². The number of hydrogen-bond donors (Lipinski definition) is 2. The maximum Gasteiger partial charge on any atom is 0.303 e. The normalized spacial score (nSPS) is 11.9. The van der Waals surface area contributed by atoms with Crippen LogP contribution in [0.4, 0.5) is 4.39 Å². The average Bonchev–Trinajstić information content (AvgIpc) is 2.85. The Morgan fingerprint density at radius 2 is 1.86 bits per heavy atom. The first kappa shape index (κ1) is 25.8. The predicted octanol–water partition coefficient (Wildman–Crippen LogP) is 7.14. The van der Waals surface area contributed by atoms with E-state index in [0.29, 0.717) is 27.7 Å². The molecule has 2 N–H and O–H groups in total. The van der Waals surface area contributed by atoms with Gasteiger partial charge in [-0.25, -0.2) is 9.37 Å². The minimum atomic E-state index is -1.01. The predicted molar refractivity (Wildman–Crippen MR) is 143 cm³/mol. The SMILES string of the molecule is Cc1c(-c2ccccc2)nc2ccc(Br)cc2c1C(=O)NC[C@@H](CCC(=O)O)c1c(F)cccc1Cl. The number of fused-ring (bicyclic) bond motifs is 1. The van der Waals surface area contributed by atoms with E-state index < -0.39 is 17.7 Å². The number of nitrogens with zero attached hydrogens (tertiary/aromatic N) is 1. The topological polar surface area (TPSA) is 79.3 Å². The Morgan fingerprint density at radius 3 is 2.56 bits per heavy atom. The van der Waals surface area contributed by atoms with Gasteiger partial charge in [0.2, 0.25) is 0 Å². The number of pyridine rings is 1. The van der Waals surface area contributed by atoms with Crippen LogP contribution in [0.3, 0.4) is 0 Å². The molecular formula is C28H23BrClFN2O3. The lowest BCUT2D eigenvalue weighted by Crippen LogP contribution is -2.30. The molecule has 0 saturated heterocycles. The van der Waals surface area contributed by atoms with Crippen LogP contribution in [0.5, 0.6) is 0 Å². The number of aromatic nitrogens is 1. The van der Waals surface area contributed by atoms with Crippen LogP contribution in [-0.4, -0.2) is 28.5 Å². The third kappa shape index (κ3) is 5.58. The zero-order valence-electron chi connectivity index (χ0n) is 19.4. The number of carboxylic acids is 1. The van der Waals surface area contributed by atoms with Gasteiger partial charge in [0.1, 0.15) is 5.82 Å². The summed E-state index contributed by atoms with van der Waals surface area (Å²) in [6, 6.07) is 19.5. The Kier molecular flexibility index (Phi) is 8.01. The van der Waals surface area contributed by atoms with Crippen LogP contribution in [0, 0.1) is 12.7 Å². The third-order valence-electron chi connectivity index (χ3n) is 6.09. The molecule has 0 bridgehead atoms. The number of carboxylic acid groups (broad SMARTS) is 1. The van der Waals surface area contributed by atoms with Crippen molar-refractivity contribution in [3.05, 3.63) is 98.7 Å². The van der Waals surface area contributed by atoms with Crippen molar-refractivity contribution in [1.82, 2.24) is 10.3 Å². The molecule has 0 spiro atoms. The summed E-state index contributed by atoms with van der Waals surface area (Å²) in [6.07, 6.45) is -0.0688. The lowest BCUT2D eigenvalue weighted by molar-refractivity contribution is -0.137. The van der Waals surface area contributed by atoms with Gasteiger partial charge in [-0.2, -0.15) is 0 Å². The summed E-state index contributed by atoms with van der Waals surface area (Å²) in [5, 5.41) is 13.0. The molecule has 0 aliphatic heterocycles. The molecule has 0 radical (unpaired) electrons. The van der Waals surface area contributed by atoms with Gasteiger partial charge >= 0.3 is 5.97 Å². The maximum atomic E-state index is 14.7. The third-order valence-corrected chi connectivity index (χ3v) is 6.91. The van der Waals surface area contributed by atoms with E-state index in [0.717, 1.165) is 10.0 Å². The number of hydrogen-bond acceptors (Lipinski definition) is 3. The largest absolute Gasteiger partial charge is 0.481 e. The van der Waals surface area contributed by atoms with E-state index in [1.807, 2.05) is 55.5 Å². The molecule has 1 amide bonds. The van der Waals surface area contributed by atoms with Crippen LogP contribution < -0.4 is 5.32 Å². The van der Waals surface area contributed by atoms with Crippen molar-refractivity contribution in [3.8, 4) is 11.3 Å². The number of carbonyl (C=O) groups is 2. The molecule has 0 saturated carbocycles. The minimum absolute atomic E-state index is 0.0185. The summed E-state index contributed by atoms with van der Waals surface area (Å²) in [7, 11) is 0. The highest BCUT2D eigenvalue weighted by atomic mass is 79.9. The fourth-order valence-electron chi connectivity index (χ4n) is 4.35. The van der Waals surface area contributed by atoms with Crippen molar-refractivity contribution in [3.63, 3.8) is 0 Å². The van der Waals surface area contributed by atoms with Gasteiger partial charge in [0.15, 0.2) is 0 Å². The van der Waals surface area contributed by atoms with E-state index in [2.05, 4.69) is 21.2 Å². The fraction of sp³-hybridized carbons (Fsp3) is 0.179. The molecule has 3 aromatic carbocycles. The lowest BCUT2D eigenvalue weighted by Gasteiger charge is -2.21. The second-order valence-corrected chi connectivity index (χ2v) is 9.79. The number of rotatable bonds is 8. The van der Waals surface area contributed by atoms with Gasteiger partial charge in [0.05, 0.1) is 16.8 Å². The zero-order valence-corrected chi connectivity index (χ0v) is 21.7. The monoisotopic (exact) mass is 568 g/mol. The minimum Gasteiger partial charge on any atom is -0.481 e.